The predicted octanol–water partition coefficient (Wildman–Crippen LogP) is 14.9. The van der Waals surface area contributed by atoms with Crippen LogP contribution in [0.5, 0.6) is 0 Å². The third kappa shape index (κ3) is 4.10. The summed E-state index contributed by atoms with van der Waals surface area (Å²) in [5.41, 5.74) is 7.60. The number of benzene rings is 9. The molecule has 2 aromatic heterocycles. The van der Waals surface area contributed by atoms with Crippen molar-refractivity contribution in [3.8, 4) is 33.4 Å². The predicted molar refractivity (Wildman–Crippen MR) is 221 cm³/mol. The molecule has 0 fully saturated rings. The first-order valence-electron chi connectivity index (χ1n) is 17.1. The average molecular weight is 669 g/mol. The van der Waals surface area contributed by atoms with Crippen molar-refractivity contribution in [2.75, 3.05) is 0 Å². The third-order valence-electron chi connectivity index (χ3n) is 10.5. The summed E-state index contributed by atoms with van der Waals surface area (Å²) in [4.78, 5) is 0. The molecule has 11 aromatic rings. The van der Waals surface area contributed by atoms with Crippen molar-refractivity contribution in [3.63, 3.8) is 0 Å². The Balaban J connectivity index is 1.07. The van der Waals surface area contributed by atoms with Crippen LogP contribution in [0.3, 0.4) is 0 Å². The maximum Gasteiger partial charge on any atom is 0.0362 e. The van der Waals surface area contributed by atoms with Crippen LogP contribution in [-0.4, -0.2) is 0 Å². The lowest BCUT2D eigenvalue weighted by molar-refractivity contribution is 1.64. The van der Waals surface area contributed by atoms with E-state index in [2.05, 4.69) is 170 Å². The second-order valence-corrected chi connectivity index (χ2v) is 15.3. The molecule has 2 heterocycles. The van der Waals surface area contributed by atoms with Crippen LogP contribution in [0.15, 0.2) is 170 Å². The van der Waals surface area contributed by atoms with Crippen LogP contribution in [0.4, 0.5) is 0 Å². The summed E-state index contributed by atoms with van der Waals surface area (Å²) in [5.74, 6) is 0. The van der Waals surface area contributed by atoms with E-state index in [1.165, 1.54) is 106 Å². The molecular weight excluding hydrogens is 641 g/mol. The SMILES string of the molecule is c1ccc2c(-c3c4ccccc4c(-c4ccc(-c5ccc6c(c5)sc5ccc7sc8ccccc8c7c56)cc4)c4ccccc34)cccc2c1. The van der Waals surface area contributed by atoms with Gasteiger partial charge >= 0.3 is 0 Å². The zero-order chi connectivity index (χ0) is 32.8. The molecule has 0 spiro atoms. The highest BCUT2D eigenvalue weighted by Gasteiger charge is 2.18. The van der Waals surface area contributed by atoms with Crippen molar-refractivity contribution in [1.82, 2.24) is 0 Å². The van der Waals surface area contributed by atoms with Crippen LogP contribution in [0, 0.1) is 0 Å². The van der Waals surface area contributed by atoms with Gasteiger partial charge in [-0.25, -0.2) is 0 Å². The van der Waals surface area contributed by atoms with Gasteiger partial charge in [-0.3, -0.25) is 0 Å². The maximum atomic E-state index is 2.39. The van der Waals surface area contributed by atoms with Crippen molar-refractivity contribution in [3.05, 3.63) is 170 Å². The quantitative estimate of drug-likeness (QED) is 0.164. The minimum Gasteiger partial charge on any atom is -0.135 e. The topological polar surface area (TPSA) is 0 Å². The molecule has 50 heavy (non-hydrogen) atoms. The second kappa shape index (κ2) is 10.9. The monoisotopic (exact) mass is 668 g/mol. The Hall–Kier alpha value is -5.80. The molecule has 0 atom stereocenters. The van der Waals surface area contributed by atoms with Crippen molar-refractivity contribution in [1.29, 1.82) is 0 Å². The van der Waals surface area contributed by atoms with Crippen molar-refractivity contribution in [2.24, 2.45) is 0 Å². The van der Waals surface area contributed by atoms with E-state index in [1.807, 2.05) is 22.7 Å². The Morgan fingerprint density at radius 3 is 1.48 bits per heavy atom. The Labute approximate surface area is 297 Å². The molecule has 0 nitrogen and oxygen atoms in total. The Bertz CT molecular complexity index is 3080. The number of rotatable bonds is 3. The van der Waals surface area contributed by atoms with Gasteiger partial charge in [0.15, 0.2) is 0 Å². The number of thiophene rings is 2. The zero-order valence-electron chi connectivity index (χ0n) is 27.0. The Kier molecular flexibility index (Phi) is 6.09. The highest BCUT2D eigenvalue weighted by Crippen LogP contribution is 2.47. The van der Waals surface area contributed by atoms with E-state index >= 15 is 0 Å². The van der Waals surface area contributed by atoms with Crippen LogP contribution < -0.4 is 0 Å². The first-order chi connectivity index (χ1) is 24.8. The number of hydrogen-bond donors (Lipinski definition) is 0. The molecule has 0 N–H and O–H groups in total. The standard InChI is InChI=1S/C48H28S2/c1-2-12-33-30(10-1)11-9-18-34(33)46-37-15-5-3-13-35(37)45(36-14-4-6-16-38(36)46)31-22-20-29(21-23-31)32-24-25-40-44(28-32)50-43-27-26-42-47(48(40)43)39-17-7-8-19-41(39)49-42/h1-28H. The Morgan fingerprint density at radius 2 is 0.780 bits per heavy atom. The molecule has 0 aliphatic carbocycles. The highest BCUT2D eigenvalue weighted by molar-refractivity contribution is 7.28. The summed E-state index contributed by atoms with van der Waals surface area (Å²) < 4.78 is 5.41. The van der Waals surface area contributed by atoms with Crippen molar-refractivity contribution in [2.45, 2.75) is 0 Å². The van der Waals surface area contributed by atoms with E-state index in [0.29, 0.717) is 0 Å². The van der Waals surface area contributed by atoms with Crippen LogP contribution in [0.2, 0.25) is 0 Å². The van der Waals surface area contributed by atoms with Crippen LogP contribution in [0.1, 0.15) is 0 Å². The van der Waals surface area contributed by atoms with Gasteiger partial charge < -0.3 is 0 Å². The summed E-state index contributed by atoms with van der Waals surface area (Å²) in [6.45, 7) is 0. The molecule has 0 aliphatic heterocycles. The van der Waals surface area contributed by atoms with Crippen LogP contribution in [-0.2, 0) is 0 Å². The van der Waals surface area contributed by atoms with Gasteiger partial charge in [-0.05, 0) is 90.0 Å². The Morgan fingerprint density at radius 1 is 0.280 bits per heavy atom. The second-order valence-electron chi connectivity index (χ2n) is 13.2. The molecule has 0 amide bonds. The molecule has 0 saturated carbocycles. The fourth-order valence-corrected chi connectivity index (χ4v) is 10.5. The van der Waals surface area contributed by atoms with Gasteiger partial charge in [0, 0.05) is 40.3 Å². The van der Waals surface area contributed by atoms with Gasteiger partial charge in [0.1, 0.15) is 0 Å². The molecule has 2 heteroatoms. The lowest BCUT2D eigenvalue weighted by Crippen LogP contribution is -1.91. The van der Waals surface area contributed by atoms with Gasteiger partial charge in [-0.2, -0.15) is 0 Å². The fourth-order valence-electron chi connectivity index (χ4n) is 8.26. The molecule has 0 bridgehead atoms. The molecule has 0 aliphatic rings. The van der Waals surface area contributed by atoms with E-state index in [-0.39, 0.29) is 0 Å². The van der Waals surface area contributed by atoms with Crippen LogP contribution >= 0.6 is 22.7 Å². The molecule has 0 saturated heterocycles. The van der Waals surface area contributed by atoms with E-state index in [9.17, 15) is 0 Å². The fraction of sp³-hybridized carbons (Fsp3) is 0. The first kappa shape index (κ1) is 28.1. The molecule has 9 aromatic carbocycles. The largest absolute Gasteiger partial charge is 0.135 e. The summed E-state index contributed by atoms with van der Waals surface area (Å²) in [7, 11) is 0. The van der Waals surface area contributed by atoms with Gasteiger partial charge in [0.25, 0.3) is 0 Å². The smallest absolute Gasteiger partial charge is 0.0362 e. The number of fused-ring (bicyclic) bond motifs is 10. The normalized spacial score (nSPS) is 12.0. The van der Waals surface area contributed by atoms with E-state index in [0.717, 1.165) is 0 Å². The zero-order valence-corrected chi connectivity index (χ0v) is 28.6. The highest BCUT2D eigenvalue weighted by atomic mass is 32.1. The molecule has 11 rings (SSSR count). The minimum absolute atomic E-state index is 1.24. The van der Waals surface area contributed by atoms with E-state index in [4.69, 9.17) is 0 Å². The van der Waals surface area contributed by atoms with Crippen molar-refractivity contribution < 1.29 is 0 Å². The van der Waals surface area contributed by atoms with Gasteiger partial charge in [0.2, 0.25) is 0 Å². The molecular formula is C48H28S2. The van der Waals surface area contributed by atoms with Gasteiger partial charge in [-0.15, -0.1) is 22.7 Å². The van der Waals surface area contributed by atoms with Crippen molar-refractivity contribution >= 4 is 95.3 Å². The minimum atomic E-state index is 1.24. The summed E-state index contributed by atoms with van der Waals surface area (Å²) in [5, 5.41) is 13.2. The van der Waals surface area contributed by atoms with E-state index in [1.54, 1.807) is 0 Å². The first-order valence-corrected chi connectivity index (χ1v) is 18.7. The van der Waals surface area contributed by atoms with Gasteiger partial charge in [0.05, 0.1) is 0 Å². The lowest BCUT2D eigenvalue weighted by atomic mass is 9.84. The molecule has 0 radical (unpaired) electrons. The van der Waals surface area contributed by atoms with E-state index < -0.39 is 0 Å². The average Bonchev–Trinajstić information content (AvgIpc) is 3.74. The number of hydrogen-bond acceptors (Lipinski definition) is 2. The summed E-state index contributed by atoms with van der Waals surface area (Å²) in [6.07, 6.45) is 0. The lowest BCUT2D eigenvalue weighted by Gasteiger charge is -2.19. The maximum absolute atomic E-state index is 2.39. The summed E-state index contributed by atoms with van der Waals surface area (Å²) >= 11 is 3.80. The molecule has 0 unspecified atom stereocenters. The molecule has 232 valence electrons. The van der Waals surface area contributed by atoms with Crippen LogP contribution in [0.25, 0.3) is 106 Å². The third-order valence-corrected chi connectivity index (χ3v) is 12.7. The van der Waals surface area contributed by atoms with Gasteiger partial charge in [-0.1, -0.05) is 146 Å². The summed E-state index contributed by atoms with van der Waals surface area (Å²) in [6, 6.07) is 63.0.